The van der Waals surface area contributed by atoms with Crippen molar-refractivity contribution in [2.24, 2.45) is 0 Å². The van der Waals surface area contributed by atoms with Crippen molar-refractivity contribution >= 4 is 17.5 Å². The molecule has 3 aromatic heterocycles. The second-order valence-electron chi connectivity index (χ2n) is 7.52. The molecule has 0 radical (unpaired) electrons. The number of amides is 1. The first-order chi connectivity index (χ1) is 15.8. The molecule has 0 saturated carbocycles. The highest BCUT2D eigenvalue weighted by molar-refractivity contribution is 6.30. The number of halogens is 3. The highest BCUT2D eigenvalue weighted by Crippen LogP contribution is 2.25. The fourth-order valence-electron chi connectivity index (χ4n) is 3.18. The molecule has 1 aromatic carbocycles. The number of nitrogens with zero attached hydrogens (tertiary/aromatic N) is 6. The Bertz CT molecular complexity index is 1290. The number of nitrogens with one attached hydrogen (secondary N) is 1. The van der Waals surface area contributed by atoms with Crippen molar-refractivity contribution in [2.45, 2.75) is 26.3 Å². The van der Waals surface area contributed by atoms with Gasteiger partial charge in [-0.1, -0.05) is 25.4 Å². The van der Waals surface area contributed by atoms with Crippen LogP contribution < -0.4 is 5.32 Å². The number of pyridine rings is 2. The van der Waals surface area contributed by atoms with Crippen LogP contribution in [0.4, 0.5) is 8.78 Å². The SMILES string of the molecule is CC(C)c1nnnn1-c1cc(C(=O)NCc2cc(F)cc(F)n2)cc(-c2ccc(Cl)cn2)c1. The lowest BCUT2D eigenvalue weighted by Gasteiger charge is -2.12. The molecule has 1 N–H and O–H groups in total. The molecule has 0 aliphatic heterocycles. The average molecular weight is 470 g/mol. The number of hydrogen-bond donors (Lipinski definition) is 1. The van der Waals surface area contributed by atoms with E-state index in [2.05, 4.69) is 30.8 Å². The summed E-state index contributed by atoms with van der Waals surface area (Å²) in [5.41, 5.74) is 2.11. The van der Waals surface area contributed by atoms with E-state index in [0.29, 0.717) is 33.9 Å². The predicted molar refractivity (Wildman–Crippen MR) is 117 cm³/mol. The number of benzene rings is 1. The summed E-state index contributed by atoms with van der Waals surface area (Å²) in [5.74, 6) is -1.56. The van der Waals surface area contributed by atoms with Gasteiger partial charge in [0.05, 0.1) is 28.6 Å². The van der Waals surface area contributed by atoms with Crippen molar-refractivity contribution in [3.63, 3.8) is 0 Å². The van der Waals surface area contributed by atoms with Crippen LogP contribution in [0.2, 0.25) is 5.02 Å². The molecule has 4 rings (SSSR count). The summed E-state index contributed by atoms with van der Waals surface area (Å²) in [6.07, 6.45) is 1.50. The molecule has 0 spiro atoms. The Hall–Kier alpha value is -3.79. The van der Waals surface area contributed by atoms with Gasteiger partial charge in [0.15, 0.2) is 5.82 Å². The lowest BCUT2D eigenvalue weighted by molar-refractivity contribution is 0.0950. The van der Waals surface area contributed by atoms with Crippen molar-refractivity contribution in [1.29, 1.82) is 0 Å². The van der Waals surface area contributed by atoms with Gasteiger partial charge in [0.2, 0.25) is 5.95 Å². The first-order valence-corrected chi connectivity index (χ1v) is 10.3. The molecule has 0 fully saturated rings. The molecular weight excluding hydrogens is 452 g/mol. The minimum atomic E-state index is -0.961. The first-order valence-electron chi connectivity index (χ1n) is 9.96. The Morgan fingerprint density at radius 1 is 1.15 bits per heavy atom. The van der Waals surface area contributed by atoms with Crippen LogP contribution in [0.25, 0.3) is 16.9 Å². The smallest absolute Gasteiger partial charge is 0.251 e. The number of rotatable bonds is 6. The molecule has 1 amide bonds. The predicted octanol–water partition coefficient (Wildman–Crippen LogP) is 4.10. The maximum Gasteiger partial charge on any atom is 0.251 e. The van der Waals surface area contributed by atoms with E-state index >= 15 is 0 Å². The monoisotopic (exact) mass is 469 g/mol. The summed E-state index contributed by atoms with van der Waals surface area (Å²) in [7, 11) is 0. The lowest BCUT2D eigenvalue weighted by Crippen LogP contribution is -2.24. The molecule has 0 atom stereocenters. The third-order valence-electron chi connectivity index (χ3n) is 4.70. The van der Waals surface area contributed by atoms with Crippen molar-refractivity contribution in [1.82, 2.24) is 35.5 Å². The Morgan fingerprint density at radius 3 is 2.67 bits per heavy atom. The molecule has 0 unspecified atom stereocenters. The summed E-state index contributed by atoms with van der Waals surface area (Å²) < 4.78 is 28.3. The van der Waals surface area contributed by atoms with Gasteiger partial charge in [0.25, 0.3) is 5.91 Å². The molecular formula is C22H18ClF2N7O. The van der Waals surface area contributed by atoms with Gasteiger partial charge >= 0.3 is 0 Å². The second-order valence-corrected chi connectivity index (χ2v) is 7.95. The zero-order valence-corrected chi connectivity index (χ0v) is 18.4. The number of aromatic nitrogens is 6. The highest BCUT2D eigenvalue weighted by Gasteiger charge is 2.17. The summed E-state index contributed by atoms with van der Waals surface area (Å²) in [4.78, 5) is 20.8. The molecule has 0 saturated heterocycles. The number of hydrogen-bond acceptors (Lipinski definition) is 6. The Labute approximate surface area is 192 Å². The van der Waals surface area contributed by atoms with Crippen LogP contribution in [0, 0.1) is 11.8 Å². The normalized spacial score (nSPS) is 11.1. The van der Waals surface area contributed by atoms with Gasteiger partial charge in [0.1, 0.15) is 5.82 Å². The third kappa shape index (κ3) is 5.17. The van der Waals surface area contributed by atoms with Gasteiger partial charge in [-0.3, -0.25) is 9.78 Å². The van der Waals surface area contributed by atoms with Gasteiger partial charge in [-0.2, -0.15) is 9.07 Å². The van der Waals surface area contributed by atoms with Crippen LogP contribution in [-0.2, 0) is 6.54 Å². The summed E-state index contributed by atoms with van der Waals surface area (Å²) >= 11 is 5.95. The van der Waals surface area contributed by atoms with Crippen LogP contribution in [0.1, 0.15) is 41.6 Å². The zero-order chi connectivity index (χ0) is 23.5. The minimum Gasteiger partial charge on any atom is -0.346 e. The average Bonchev–Trinajstić information content (AvgIpc) is 3.27. The minimum absolute atomic E-state index is 0.0311. The topological polar surface area (TPSA) is 98.5 Å². The fraction of sp³-hybridized carbons (Fsp3) is 0.182. The summed E-state index contributed by atoms with van der Waals surface area (Å²) in [6.45, 7) is 3.74. The van der Waals surface area contributed by atoms with Gasteiger partial charge in [-0.05, 0) is 46.8 Å². The van der Waals surface area contributed by atoms with Crippen LogP contribution in [-0.4, -0.2) is 36.1 Å². The van der Waals surface area contributed by atoms with Crippen molar-refractivity contribution < 1.29 is 13.6 Å². The number of tetrazole rings is 1. The van der Waals surface area contributed by atoms with Crippen LogP contribution in [0.15, 0.2) is 48.7 Å². The maximum absolute atomic E-state index is 13.4. The Kier molecular flexibility index (Phi) is 6.36. The van der Waals surface area contributed by atoms with E-state index in [9.17, 15) is 13.6 Å². The molecule has 0 aliphatic rings. The van der Waals surface area contributed by atoms with E-state index in [-0.39, 0.29) is 23.7 Å². The van der Waals surface area contributed by atoms with E-state index in [1.807, 2.05) is 13.8 Å². The van der Waals surface area contributed by atoms with Crippen molar-refractivity contribution in [3.8, 4) is 16.9 Å². The van der Waals surface area contributed by atoms with Crippen LogP contribution in [0.5, 0.6) is 0 Å². The second kappa shape index (κ2) is 9.37. The quantitative estimate of drug-likeness (QED) is 0.427. The first kappa shape index (κ1) is 22.4. The van der Waals surface area contributed by atoms with Crippen molar-refractivity contribution in [2.75, 3.05) is 0 Å². The van der Waals surface area contributed by atoms with E-state index in [1.54, 1.807) is 35.0 Å². The highest BCUT2D eigenvalue weighted by atomic mass is 35.5. The fourth-order valence-corrected chi connectivity index (χ4v) is 3.29. The van der Waals surface area contributed by atoms with Crippen molar-refractivity contribution in [3.05, 3.63) is 82.5 Å². The lowest BCUT2D eigenvalue weighted by atomic mass is 10.0. The Balaban J connectivity index is 1.71. The molecule has 33 heavy (non-hydrogen) atoms. The standard InChI is InChI=1S/C22H18ClF2N7O/c1-12(2)21-29-30-31-32(21)18-6-13(19-4-3-15(23)10-26-19)5-14(7-18)22(33)27-11-17-8-16(24)9-20(25)28-17/h3-10,12H,11H2,1-2H3,(H,27,33). The maximum atomic E-state index is 13.4. The Morgan fingerprint density at radius 2 is 1.97 bits per heavy atom. The molecule has 3 heterocycles. The molecule has 0 bridgehead atoms. The van der Waals surface area contributed by atoms with Gasteiger partial charge < -0.3 is 5.32 Å². The molecule has 0 aliphatic carbocycles. The molecule has 8 nitrogen and oxygen atoms in total. The van der Waals surface area contributed by atoms with Crippen LogP contribution in [0.3, 0.4) is 0 Å². The van der Waals surface area contributed by atoms with E-state index in [4.69, 9.17) is 11.6 Å². The van der Waals surface area contributed by atoms with E-state index in [0.717, 1.165) is 6.07 Å². The largest absolute Gasteiger partial charge is 0.346 e. The number of carbonyl (C=O) groups is 1. The summed E-state index contributed by atoms with van der Waals surface area (Å²) in [5, 5.41) is 15.0. The molecule has 168 valence electrons. The zero-order valence-electron chi connectivity index (χ0n) is 17.6. The van der Waals surface area contributed by atoms with E-state index in [1.165, 1.54) is 6.20 Å². The van der Waals surface area contributed by atoms with Crippen LogP contribution >= 0.6 is 11.6 Å². The van der Waals surface area contributed by atoms with Gasteiger partial charge in [-0.25, -0.2) is 9.37 Å². The van der Waals surface area contributed by atoms with Gasteiger partial charge in [-0.15, -0.1) is 5.10 Å². The number of carbonyl (C=O) groups excluding carboxylic acids is 1. The molecule has 4 aromatic rings. The summed E-state index contributed by atoms with van der Waals surface area (Å²) in [6, 6.07) is 10.2. The third-order valence-corrected chi connectivity index (χ3v) is 4.92. The van der Waals surface area contributed by atoms with Gasteiger partial charge in [0, 0.05) is 29.3 Å². The van der Waals surface area contributed by atoms with E-state index < -0.39 is 17.7 Å². The molecule has 11 heteroatoms.